The van der Waals surface area contributed by atoms with Crippen molar-refractivity contribution in [1.29, 1.82) is 0 Å². The van der Waals surface area contributed by atoms with Crippen LogP contribution in [-0.2, 0) is 11.7 Å². The summed E-state index contributed by atoms with van der Waals surface area (Å²) in [5.74, 6) is 1.20. The average molecular weight is 480 g/mol. The van der Waals surface area contributed by atoms with Gasteiger partial charge < -0.3 is 14.2 Å². The largest absolute Gasteiger partial charge is 0.496 e. The van der Waals surface area contributed by atoms with E-state index >= 15 is 0 Å². The second-order valence-corrected chi connectivity index (χ2v) is 9.80. The zero-order chi connectivity index (χ0) is 25.9. The second kappa shape index (κ2) is 7.97. The van der Waals surface area contributed by atoms with Crippen LogP contribution in [0.4, 0.5) is 0 Å². The maximum absolute atomic E-state index is 7.69. The van der Waals surface area contributed by atoms with Crippen LogP contribution < -0.4 is 9.47 Å². The lowest BCUT2D eigenvalue weighted by molar-refractivity contribution is -0.122. The quantitative estimate of drug-likeness (QED) is 0.435. The number of ether oxygens (including phenoxy) is 3. The van der Waals surface area contributed by atoms with Gasteiger partial charge in [-0.3, -0.25) is 9.58 Å². The van der Waals surface area contributed by atoms with E-state index in [1.165, 1.54) is 12.4 Å². The summed E-state index contributed by atoms with van der Waals surface area (Å²) in [7, 11) is 1.58. The number of aryl methyl sites for hydroxylation is 1. The number of thiophene rings is 1. The zero-order valence-electron chi connectivity index (χ0n) is 22.1. The first-order chi connectivity index (χ1) is 17.7. The standard InChI is InChI=1S/C25H26N5O3S/c1-25(2)15-32-7-6-29(25)24-20-12-27-30(17-5-8-34-14-17)23(20)19-9-18(16-11-26-28(3)13-16)21(31-4)10-22(19)33-24/h5,8-11,13-14,24H,6-7,15H2,1-4H3/i3D3. The second-order valence-electron chi connectivity index (χ2n) is 9.02. The van der Waals surface area contributed by atoms with Crippen LogP contribution in [0.15, 0.2) is 41.4 Å². The highest BCUT2D eigenvalue weighted by Gasteiger charge is 2.42. The molecule has 1 fully saturated rings. The minimum Gasteiger partial charge on any atom is -0.496 e. The molecule has 0 amide bonds. The molecule has 1 unspecified atom stereocenters. The van der Waals surface area contributed by atoms with Gasteiger partial charge in [-0.05, 0) is 31.4 Å². The van der Waals surface area contributed by atoms with E-state index in [1.54, 1.807) is 18.4 Å². The fraction of sp³-hybridized carbons (Fsp3) is 0.360. The summed E-state index contributed by atoms with van der Waals surface area (Å²) in [5, 5.41) is 12.8. The van der Waals surface area contributed by atoms with E-state index in [9.17, 15) is 0 Å². The zero-order valence-corrected chi connectivity index (χ0v) is 19.9. The summed E-state index contributed by atoms with van der Waals surface area (Å²) >= 11 is 1.59. The molecular weight excluding hydrogens is 450 g/mol. The molecule has 0 aliphatic carbocycles. The molecule has 2 aliphatic rings. The van der Waals surface area contributed by atoms with Crippen LogP contribution >= 0.6 is 11.3 Å². The van der Waals surface area contributed by atoms with Crippen molar-refractivity contribution in [3.05, 3.63) is 53.1 Å². The topological polar surface area (TPSA) is 66.6 Å². The molecular formula is C25H26N5O3S. The Kier molecular flexibility index (Phi) is 4.27. The third kappa shape index (κ3) is 3.34. The molecule has 3 aromatic heterocycles. The molecule has 34 heavy (non-hydrogen) atoms. The Labute approximate surface area is 206 Å². The minimum absolute atomic E-state index is 0.260. The summed E-state index contributed by atoms with van der Waals surface area (Å²) in [6.45, 7) is 3.80. The molecule has 0 saturated carbocycles. The van der Waals surface area contributed by atoms with Crippen molar-refractivity contribution in [1.82, 2.24) is 24.5 Å². The Morgan fingerprint density at radius 1 is 1.32 bits per heavy atom. The predicted molar refractivity (Wildman–Crippen MR) is 129 cm³/mol. The first-order valence-electron chi connectivity index (χ1n) is 12.5. The van der Waals surface area contributed by atoms with Crippen LogP contribution in [0.3, 0.4) is 0 Å². The van der Waals surface area contributed by atoms with Crippen LogP contribution in [0.1, 0.15) is 29.8 Å². The molecule has 1 radical (unpaired) electrons. The molecule has 0 bridgehead atoms. The third-order valence-corrected chi connectivity index (χ3v) is 7.09. The fourth-order valence-corrected chi connectivity index (χ4v) is 5.34. The van der Waals surface area contributed by atoms with Gasteiger partial charge in [0, 0.05) is 57.5 Å². The summed E-state index contributed by atoms with van der Waals surface area (Å²) < 4.78 is 44.1. The Bertz CT molecular complexity index is 1440. The van der Waals surface area contributed by atoms with Crippen molar-refractivity contribution in [3.63, 3.8) is 0 Å². The third-order valence-electron chi connectivity index (χ3n) is 6.42. The number of benzene rings is 1. The van der Waals surface area contributed by atoms with E-state index in [4.69, 9.17) is 18.3 Å². The van der Waals surface area contributed by atoms with Crippen molar-refractivity contribution in [2.75, 3.05) is 26.9 Å². The summed E-state index contributed by atoms with van der Waals surface area (Å²) in [4.78, 5) is 2.29. The van der Waals surface area contributed by atoms with Gasteiger partial charge in [0.05, 0.1) is 43.5 Å². The van der Waals surface area contributed by atoms with E-state index in [0.29, 0.717) is 42.4 Å². The number of morpholine rings is 1. The van der Waals surface area contributed by atoms with Gasteiger partial charge in [0.2, 0.25) is 0 Å². The molecule has 0 N–H and O–H groups in total. The first-order valence-corrected chi connectivity index (χ1v) is 11.9. The van der Waals surface area contributed by atoms with Gasteiger partial charge in [-0.1, -0.05) is 0 Å². The van der Waals surface area contributed by atoms with E-state index in [-0.39, 0.29) is 5.54 Å². The maximum atomic E-state index is 7.69. The molecule has 1 saturated heterocycles. The number of methoxy groups -OCH3 is 1. The number of aromatic nitrogens is 4. The number of nitrogens with zero attached hydrogens (tertiary/aromatic N) is 5. The van der Waals surface area contributed by atoms with Crippen molar-refractivity contribution in [2.24, 2.45) is 6.98 Å². The fourth-order valence-electron chi connectivity index (χ4n) is 4.72. The monoisotopic (exact) mass is 479 g/mol. The van der Waals surface area contributed by atoms with Crippen LogP contribution in [0.25, 0.3) is 28.1 Å². The van der Waals surface area contributed by atoms with E-state index in [1.807, 2.05) is 33.6 Å². The normalized spacial score (nSPS) is 21.0. The summed E-state index contributed by atoms with van der Waals surface area (Å²) in [6.07, 6.45) is 5.86. The highest BCUT2D eigenvalue weighted by atomic mass is 32.1. The minimum atomic E-state index is -2.37. The lowest BCUT2D eigenvalue weighted by Gasteiger charge is -2.47. The van der Waals surface area contributed by atoms with E-state index in [2.05, 4.69) is 35.1 Å². The lowest BCUT2D eigenvalue weighted by Crippen LogP contribution is -2.55. The van der Waals surface area contributed by atoms with Gasteiger partial charge in [0.25, 0.3) is 0 Å². The Morgan fingerprint density at radius 2 is 2.24 bits per heavy atom. The lowest BCUT2D eigenvalue weighted by atomic mass is 9.94. The molecule has 1 aromatic carbocycles. The van der Waals surface area contributed by atoms with Crippen molar-refractivity contribution < 1.29 is 18.3 Å². The van der Waals surface area contributed by atoms with Crippen LogP contribution in [0.5, 0.6) is 11.5 Å². The highest BCUT2D eigenvalue weighted by Crippen LogP contribution is 2.49. The SMILES string of the molecule is [2H]C([2H])([2H])n1cc(-c2cc3c(cc2OC)OC(N2CCOCC2(C)C)c2[c]nn(-c4ccsc4)c2-3)cn1. The Balaban J connectivity index is 1.54. The van der Waals surface area contributed by atoms with Gasteiger partial charge >= 0.3 is 0 Å². The number of hydrogen-bond acceptors (Lipinski definition) is 7. The van der Waals surface area contributed by atoms with Crippen LogP contribution in [-0.4, -0.2) is 56.9 Å². The first kappa shape index (κ1) is 18.2. The molecule has 8 nitrogen and oxygen atoms in total. The molecule has 6 rings (SSSR count). The van der Waals surface area contributed by atoms with Gasteiger partial charge in [0.1, 0.15) is 17.7 Å². The van der Waals surface area contributed by atoms with Crippen molar-refractivity contribution in [2.45, 2.75) is 25.6 Å². The smallest absolute Gasteiger partial charge is 0.183 e. The molecule has 175 valence electrons. The summed E-state index contributed by atoms with van der Waals surface area (Å²) in [6, 6.07) is 5.82. The molecule has 4 aromatic rings. The Hall–Kier alpha value is -3.14. The van der Waals surface area contributed by atoms with Gasteiger partial charge in [-0.15, -0.1) is 0 Å². The molecule has 1 atom stereocenters. The average Bonchev–Trinajstić information content (AvgIpc) is 3.62. The van der Waals surface area contributed by atoms with Crippen molar-refractivity contribution in [3.8, 4) is 39.6 Å². The number of hydrogen-bond donors (Lipinski definition) is 0. The maximum Gasteiger partial charge on any atom is 0.183 e. The van der Waals surface area contributed by atoms with Gasteiger partial charge in [-0.25, -0.2) is 4.68 Å². The van der Waals surface area contributed by atoms with E-state index in [0.717, 1.165) is 27.2 Å². The number of rotatable bonds is 4. The molecule has 5 heterocycles. The highest BCUT2D eigenvalue weighted by molar-refractivity contribution is 7.08. The van der Waals surface area contributed by atoms with Crippen LogP contribution in [0, 0.1) is 6.20 Å². The molecule has 0 spiro atoms. The predicted octanol–water partition coefficient (Wildman–Crippen LogP) is 4.31. The summed E-state index contributed by atoms with van der Waals surface area (Å²) in [5.41, 5.74) is 4.53. The van der Waals surface area contributed by atoms with E-state index < -0.39 is 13.2 Å². The molecule has 2 aliphatic heterocycles. The van der Waals surface area contributed by atoms with Gasteiger partial charge in [-0.2, -0.15) is 21.5 Å². The van der Waals surface area contributed by atoms with Crippen molar-refractivity contribution >= 4 is 11.3 Å². The van der Waals surface area contributed by atoms with Gasteiger partial charge in [0.15, 0.2) is 6.23 Å². The Morgan fingerprint density at radius 3 is 2.97 bits per heavy atom. The number of fused-ring (bicyclic) bond motifs is 3. The molecule has 9 heteroatoms. The van der Waals surface area contributed by atoms with Crippen LogP contribution in [0.2, 0.25) is 0 Å².